The Bertz CT molecular complexity index is 1010. The Morgan fingerprint density at radius 3 is 2.79 bits per heavy atom. The first kappa shape index (κ1) is 16.5. The maximum Gasteiger partial charge on any atom is 0.350 e. The molecular weight excluding hydrogens is 354 g/mol. The Morgan fingerprint density at radius 2 is 2.08 bits per heavy atom. The van der Waals surface area contributed by atoms with Gasteiger partial charge in [-0.2, -0.15) is 0 Å². The number of anilines is 1. The molecule has 6 nitrogen and oxygen atoms in total. The molecule has 0 spiro atoms. The number of thiophene rings is 1. The van der Waals surface area contributed by atoms with Crippen LogP contribution in [0.3, 0.4) is 0 Å². The molecule has 0 saturated heterocycles. The highest BCUT2D eigenvalue weighted by atomic mass is 35.5. The molecule has 1 aromatic carbocycles. The van der Waals surface area contributed by atoms with E-state index in [2.05, 4.69) is 5.32 Å². The summed E-state index contributed by atoms with van der Waals surface area (Å²) in [5, 5.41) is 3.32. The third kappa shape index (κ3) is 2.76. The highest BCUT2D eigenvalue weighted by molar-refractivity contribution is 7.22. The first-order valence-electron chi connectivity index (χ1n) is 7.08. The molecule has 0 aliphatic rings. The van der Waals surface area contributed by atoms with E-state index in [0.29, 0.717) is 15.7 Å². The quantitative estimate of drug-likeness (QED) is 0.435. The summed E-state index contributed by atoms with van der Waals surface area (Å²) in [5.74, 6) is -1.46. The van der Waals surface area contributed by atoms with Crippen molar-refractivity contribution in [3.63, 3.8) is 0 Å². The van der Waals surface area contributed by atoms with Crippen molar-refractivity contribution in [2.45, 2.75) is 6.92 Å². The molecule has 1 N–H and O–H groups in total. The third-order valence-electron chi connectivity index (χ3n) is 3.29. The molecule has 24 heavy (non-hydrogen) atoms. The zero-order valence-corrected chi connectivity index (χ0v) is 14.1. The summed E-state index contributed by atoms with van der Waals surface area (Å²) >= 11 is 6.60. The minimum Gasteiger partial charge on any atom is -0.462 e. The van der Waals surface area contributed by atoms with Gasteiger partial charge in [-0.25, -0.2) is 9.59 Å². The van der Waals surface area contributed by atoms with E-state index in [1.165, 1.54) is 0 Å². The SMILES string of the molecule is CCOC(=O)c1sc2c(c1NC(=O)CCl)c(=O)oc1ccccc12. The molecule has 0 aliphatic carbocycles. The molecule has 0 fully saturated rings. The number of hydrogen-bond acceptors (Lipinski definition) is 6. The Morgan fingerprint density at radius 1 is 1.33 bits per heavy atom. The van der Waals surface area contributed by atoms with Crippen molar-refractivity contribution in [2.24, 2.45) is 0 Å². The van der Waals surface area contributed by atoms with Gasteiger partial charge in [0.15, 0.2) is 0 Å². The average molecular weight is 366 g/mol. The highest BCUT2D eigenvalue weighted by Crippen LogP contribution is 2.38. The molecule has 3 aromatic rings. The molecule has 3 rings (SSSR count). The van der Waals surface area contributed by atoms with Crippen LogP contribution < -0.4 is 10.9 Å². The third-order valence-corrected chi connectivity index (χ3v) is 4.74. The minimum absolute atomic E-state index is 0.0820. The van der Waals surface area contributed by atoms with E-state index in [-0.39, 0.29) is 28.4 Å². The fourth-order valence-corrected chi connectivity index (χ4v) is 3.58. The number of esters is 1. The second-order valence-corrected chi connectivity index (χ2v) is 6.09. The number of carbonyl (C=O) groups is 2. The van der Waals surface area contributed by atoms with E-state index >= 15 is 0 Å². The Kier molecular flexibility index (Phi) is 4.55. The van der Waals surface area contributed by atoms with Crippen LogP contribution in [-0.4, -0.2) is 24.4 Å². The van der Waals surface area contributed by atoms with Gasteiger partial charge in [-0.3, -0.25) is 4.79 Å². The summed E-state index contributed by atoms with van der Waals surface area (Å²) < 4.78 is 10.9. The van der Waals surface area contributed by atoms with Crippen molar-refractivity contribution < 1.29 is 18.7 Å². The van der Waals surface area contributed by atoms with Crippen molar-refractivity contribution in [1.29, 1.82) is 0 Å². The minimum atomic E-state index is -0.639. The molecule has 0 atom stereocenters. The summed E-state index contributed by atoms with van der Waals surface area (Å²) in [6, 6.07) is 6.98. The topological polar surface area (TPSA) is 85.6 Å². The lowest BCUT2D eigenvalue weighted by Gasteiger charge is -2.05. The molecule has 0 saturated carbocycles. The molecule has 0 aliphatic heterocycles. The standard InChI is InChI=1S/C16H12ClNO5S/c1-2-22-16(21)14-12(18-10(19)7-17)11-13(24-14)8-5-3-4-6-9(8)23-15(11)20/h3-6H,2,7H2,1H3,(H,18,19). The van der Waals surface area contributed by atoms with Gasteiger partial charge in [-0.1, -0.05) is 12.1 Å². The molecule has 2 aromatic heterocycles. The van der Waals surface area contributed by atoms with E-state index in [0.717, 1.165) is 11.3 Å². The van der Waals surface area contributed by atoms with E-state index in [1.54, 1.807) is 31.2 Å². The van der Waals surface area contributed by atoms with Crippen LogP contribution in [0.15, 0.2) is 33.5 Å². The van der Waals surface area contributed by atoms with Crippen LogP contribution >= 0.6 is 22.9 Å². The van der Waals surface area contributed by atoms with Gasteiger partial charge in [-0.05, 0) is 19.1 Å². The number of rotatable bonds is 4. The monoisotopic (exact) mass is 365 g/mol. The number of fused-ring (bicyclic) bond motifs is 3. The van der Waals surface area contributed by atoms with Crippen LogP contribution in [0.2, 0.25) is 0 Å². The van der Waals surface area contributed by atoms with E-state index in [1.807, 2.05) is 0 Å². The number of amides is 1. The zero-order valence-electron chi connectivity index (χ0n) is 12.6. The second kappa shape index (κ2) is 6.62. The van der Waals surface area contributed by atoms with Gasteiger partial charge in [-0.15, -0.1) is 22.9 Å². The molecule has 124 valence electrons. The Labute approximate surface area is 145 Å². The van der Waals surface area contributed by atoms with Crippen LogP contribution in [0.1, 0.15) is 16.6 Å². The fourth-order valence-electron chi connectivity index (χ4n) is 2.34. The molecule has 8 heteroatoms. The van der Waals surface area contributed by atoms with Gasteiger partial charge in [0, 0.05) is 5.39 Å². The van der Waals surface area contributed by atoms with Crippen molar-refractivity contribution in [3.8, 4) is 0 Å². The van der Waals surface area contributed by atoms with Crippen molar-refractivity contribution in [3.05, 3.63) is 39.6 Å². The predicted molar refractivity (Wildman–Crippen MR) is 93.2 cm³/mol. The highest BCUT2D eigenvalue weighted by Gasteiger charge is 2.25. The van der Waals surface area contributed by atoms with Gasteiger partial charge in [0.1, 0.15) is 21.7 Å². The van der Waals surface area contributed by atoms with Gasteiger partial charge in [0.05, 0.1) is 17.0 Å². The molecule has 0 unspecified atom stereocenters. The molecular formula is C16H12ClNO5S. The summed E-state index contributed by atoms with van der Waals surface area (Å²) in [4.78, 5) is 36.4. The predicted octanol–water partition coefficient (Wildman–Crippen LogP) is 3.36. The lowest BCUT2D eigenvalue weighted by Crippen LogP contribution is -2.16. The number of alkyl halides is 1. The number of carbonyl (C=O) groups excluding carboxylic acids is 2. The average Bonchev–Trinajstić information content (AvgIpc) is 2.95. The van der Waals surface area contributed by atoms with Crippen molar-refractivity contribution >= 4 is 61.6 Å². The summed E-state index contributed by atoms with van der Waals surface area (Å²) in [5.41, 5.74) is -0.152. The zero-order chi connectivity index (χ0) is 17.3. The molecule has 1 amide bonds. The van der Waals surface area contributed by atoms with Crippen LogP contribution in [0.4, 0.5) is 5.69 Å². The Balaban J connectivity index is 2.36. The van der Waals surface area contributed by atoms with Crippen LogP contribution in [-0.2, 0) is 9.53 Å². The summed E-state index contributed by atoms with van der Waals surface area (Å²) in [6.07, 6.45) is 0. The van der Waals surface area contributed by atoms with Crippen LogP contribution in [0, 0.1) is 0 Å². The molecule has 2 heterocycles. The number of para-hydroxylation sites is 1. The van der Waals surface area contributed by atoms with Gasteiger partial charge in [0.25, 0.3) is 0 Å². The largest absolute Gasteiger partial charge is 0.462 e. The number of hydrogen-bond donors (Lipinski definition) is 1. The van der Waals surface area contributed by atoms with E-state index in [4.69, 9.17) is 20.8 Å². The van der Waals surface area contributed by atoms with Crippen molar-refractivity contribution in [1.82, 2.24) is 0 Å². The van der Waals surface area contributed by atoms with Gasteiger partial charge in [0.2, 0.25) is 5.91 Å². The normalized spacial score (nSPS) is 10.9. The summed E-state index contributed by atoms with van der Waals surface area (Å²) in [6.45, 7) is 1.84. The van der Waals surface area contributed by atoms with Crippen molar-refractivity contribution in [2.75, 3.05) is 17.8 Å². The smallest absolute Gasteiger partial charge is 0.350 e. The second-order valence-electron chi connectivity index (χ2n) is 4.80. The van der Waals surface area contributed by atoms with Crippen LogP contribution in [0.25, 0.3) is 21.1 Å². The summed E-state index contributed by atoms with van der Waals surface area (Å²) in [7, 11) is 0. The number of nitrogens with one attached hydrogen (secondary N) is 1. The lowest BCUT2D eigenvalue weighted by atomic mass is 10.2. The first-order valence-corrected chi connectivity index (χ1v) is 8.43. The van der Waals surface area contributed by atoms with E-state index in [9.17, 15) is 14.4 Å². The van der Waals surface area contributed by atoms with Gasteiger partial charge >= 0.3 is 11.6 Å². The first-order chi connectivity index (χ1) is 11.6. The number of halogens is 1. The van der Waals surface area contributed by atoms with E-state index < -0.39 is 17.5 Å². The maximum absolute atomic E-state index is 12.4. The fraction of sp³-hybridized carbons (Fsp3) is 0.188. The van der Waals surface area contributed by atoms with Crippen LogP contribution in [0.5, 0.6) is 0 Å². The van der Waals surface area contributed by atoms with Gasteiger partial charge < -0.3 is 14.5 Å². The maximum atomic E-state index is 12.4. The Hall–Kier alpha value is -2.38. The molecule has 0 radical (unpaired) electrons. The molecule has 0 bridgehead atoms. The lowest BCUT2D eigenvalue weighted by molar-refractivity contribution is -0.113. The number of benzene rings is 1. The number of ether oxygens (including phenoxy) is 1.